The maximum absolute atomic E-state index is 13.2. The molecule has 6 nitrogen and oxygen atoms in total. The second kappa shape index (κ2) is 8.69. The van der Waals surface area contributed by atoms with E-state index in [1.54, 1.807) is 30.4 Å². The van der Waals surface area contributed by atoms with E-state index in [1.165, 1.54) is 18.5 Å². The number of carboxylic acids is 1. The van der Waals surface area contributed by atoms with Crippen LogP contribution in [0.5, 0.6) is 11.5 Å². The van der Waals surface area contributed by atoms with Gasteiger partial charge in [0.2, 0.25) is 0 Å². The van der Waals surface area contributed by atoms with Crippen LogP contribution in [0.2, 0.25) is 0 Å². The zero-order valence-corrected chi connectivity index (χ0v) is 17.7. The van der Waals surface area contributed by atoms with Gasteiger partial charge in [-0.3, -0.25) is 4.79 Å². The molecule has 2 aromatic heterocycles. The maximum atomic E-state index is 13.2. The molecule has 0 aliphatic rings. The van der Waals surface area contributed by atoms with E-state index < -0.39 is 12.0 Å². The van der Waals surface area contributed by atoms with Crippen LogP contribution in [-0.4, -0.2) is 27.1 Å². The Labute approximate surface area is 182 Å². The first-order valence-electron chi connectivity index (χ1n) is 9.75. The summed E-state index contributed by atoms with van der Waals surface area (Å²) >= 11 is 1.56. The quantitative estimate of drug-likeness (QED) is 0.384. The number of thiophene rings is 1. The van der Waals surface area contributed by atoms with Gasteiger partial charge in [-0.2, -0.15) is 0 Å². The number of ether oxygens (including phenoxy) is 1. The predicted octanol–water partition coefficient (Wildman–Crippen LogP) is 5.74. The third-order valence-corrected chi connectivity index (χ3v) is 6.02. The number of benzene rings is 2. The number of fused-ring (bicyclic) bond motifs is 1. The maximum Gasteiger partial charge on any atom is 0.325 e. The van der Waals surface area contributed by atoms with Gasteiger partial charge in [-0.1, -0.05) is 19.1 Å². The minimum atomic E-state index is -0.964. The van der Waals surface area contributed by atoms with Crippen molar-refractivity contribution in [1.82, 2.24) is 9.97 Å². The van der Waals surface area contributed by atoms with Gasteiger partial charge in [0, 0.05) is 10.4 Å². The highest BCUT2D eigenvalue weighted by atomic mass is 32.1. The highest BCUT2D eigenvalue weighted by Crippen LogP contribution is 2.42. The van der Waals surface area contributed by atoms with Crippen LogP contribution >= 0.6 is 11.3 Å². The molecule has 2 heterocycles. The average Bonchev–Trinajstić information content (AvgIpc) is 3.15. The Morgan fingerprint density at radius 1 is 1.19 bits per heavy atom. The fourth-order valence-electron chi connectivity index (χ4n) is 3.26. The van der Waals surface area contributed by atoms with Crippen LogP contribution in [-0.2, 0) is 11.2 Å². The SMILES string of the molecule is CCc1sc2ncnc(N[C@@H](C)C(=O)O)c2c1-c1cccc(Oc2ccc(F)cc2)c1. The van der Waals surface area contributed by atoms with E-state index in [0.717, 1.165) is 32.6 Å². The lowest BCUT2D eigenvalue weighted by Gasteiger charge is -2.13. The molecule has 158 valence electrons. The van der Waals surface area contributed by atoms with Gasteiger partial charge in [0.15, 0.2) is 0 Å². The summed E-state index contributed by atoms with van der Waals surface area (Å²) in [7, 11) is 0. The predicted molar refractivity (Wildman–Crippen MR) is 119 cm³/mol. The first-order chi connectivity index (χ1) is 15.0. The number of carbonyl (C=O) groups is 1. The fraction of sp³-hybridized carbons (Fsp3) is 0.174. The van der Waals surface area contributed by atoms with E-state index in [-0.39, 0.29) is 5.82 Å². The summed E-state index contributed by atoms with van der Waals surface area (Å²) in [5.74, 6) is 0.333. The standard InChI is InChI=1S/C23H20FN3O3S/c1-3-18-19(20-21(27-13(2)23(28)29)25-12-26-22(20)31-18)14-5-4-6-17(11-14)30-16-9-7-15(24)8-10-16/h4-13H,3H2,1-2H3,(H,28,29)(H,25,26,27)/t13-/m0/s1. The second-order valence-corrected chi connectivity index (χ2v) is 8.03. The molecule has 4 rings (SSSR count). The van der Waals surface area contributed by atoms with Crippen molar-refractivity contribution >= 4 is 33.3 Å². The molecule has 31 heavy (non-hydrogen) atoms. The molecule has 0 fully saturated rings. The van der Waals surface area contributed by atoms with Gasteiger partial charge in [0.05, 0.1) is 5.39 Å². The summed E-state index contributed by atoms with van der Waals surface area (Å²) in [6, 6.07) is 12.6. The summed E-state index contributed by atoms with van der Waals surface area (Å²) in [5.41, 5.74) is 1.86. The Morgan fingerprint density at radius 3 is 2.68 bits per heavy atom. The highest BCUT2D eigenvalue weighted by molar-refractivity contribution is 7.19. The molecule has 0 saturated heterocycles. The van der Waals surface area contributed by atoms with Crippen LogP contribution in [0.15, 0.2) is 54.9 Å². The molecule has 0 aliphatic carbocycles. The van der Waals surface area contributed by atoms with E-state index in [2.05, 4.69) is 22.2 Å². The monoisotopic (exact) mass is 437 g/mol. The van der Waals surface area contributed by atoms with Crippen molar-refractivity contribution in [2.24, 2.45) is 0 Å². The minimum Gasteiger partial charge on any atom is -0.480 e. The van der Waals surface area contributed by atoms with Crippen LogP contribution in [0.1, 0.15) is 18.7 Å². The number of anilines is 1. The molecule has 0 aliphatic heterocycles. The van der Waals surface area contributed by atoms with Crippen molar-refractivity contribution in [3.63, 3.8) is 0 Å². The Bertz CT molecular complexity index is 1240. The van der Waals surface area contributed by atoms with E-state index in [0.29, 0.717) is 17.3 Å². The summed E-state index contributed by atoms with van der Waals surface area (Å²) in [4.78, 5) is 22.0. The number of hydrogen-bond donors (Lipinski definition) is 2. The normalized spacial score (nSPS) is 12.0. The van der Waals surface area contributed by atoms with Gasteiger partial charge in [0.25, 0.3) is 0 Å². The third-order valence-electron chi connectivity index (χ3n) is 4.78. The van der Waals surface area contributed by atoms with Gasteiger partial charge in [0.1, 0.15) is 40.3 Å². The molecule has 8 heteroatoms. The van der Waals surface area contributed by atoms with E-state index >= 15 is 0 Å². The van der Waals surface area contributed by atoms with Crippen molar-refractivity contribution in [3.8, 4) is 22.6 Å². The van der Waals surface area contributed by atoms with Crippen molar-refractivity contribution in [2.45, 2.75) is 26.3 Å². The number of nitrogens with one attached hydrogen (secondary N) is 1. The third kappa shape index (κ3) is 4.34. The highest BCUT2D eigenvalue weighted by Gasteiger charge is 2.21. The first kappa shape index (κ1) is 20.7. The summed E-state index contributed by atoms with van der Waals surface area (Å²) in [5, 5.41) is 13.1. The summed E-state index contributed by atoms with van der Waals surface area (Å²) in [6.45, 7) is 3.63. The number of aliphatic carboxylic acids is 1. The van der Waals surface area contributed by atoms with Gasteiger partial charge in [-0.15, -0.1) is 11.3 Å². The molecular weight excluding hydrogens is 417 g/mol. The van der Waals surface area contributed by atoms with Gasteiger partial charge in [-0.25, -0.2) is 14.4 Å². The summed E-state index contributed by atoms with van der Waals surface area (Å²) < 4.78 is 19.1. The van der Waals surface area contributed by atoms with Crippen molar-refractivity contribution in [3.05, 3.63) is 65.6 Å². The molecule has 0 unspecified atom stereocenters. The minimum absolute atomic E-state index is 0.325. The van der Waals surface area contributed by atoms with Crippen LogP contribution < -0.4 is 10.1 Å². The Kier molecular flexibility index (Phi) is 5.81. The molecular formula is C23H20FN3O3S. The zero-order valence-electron chi connectivity index (χ0n) is 16.9. The van der Waals surface area contributed by atoms with Crippen LogP contribution in [0.3, 0.4) is 0 Å². The van der Waals surface area contributed by atoms with E-state index in [1.807, 2.05) is 24.3 Å². The molecule has 0 amide bonds. The Balaban J connectivity index is 1.79. The lowest BCUT2D eigenvalue weighted by Crippen LogP contribution is -2.26. The molecule has 0 spiro atoms. The van der Waals surface area contributed by atoms with E-state index in [9.17, 15) is 14.3 Å². The van der Waals surface area contributed by atoms with Gasteiger partial charge >= 0.3 is 5.97 Å². The lowest BCUT2D eigenvalue weighted by molar-refractivity contribution is -0.137. The number of carboxylic acid groups (broad SMARTS) is 1. The molecule has 2 aromatic carbocycles. The molecule has 0 saturated carbocycles. The lowest BCUT2D eigenvalue weighted by atomic mass is 10.0. The van der Waals surface area contributed by atoms with Gasteiger partial charge < -0.3 is 15.2 Å². The number of aromatic nitrogens is 2. The number of aryl methyl sites for hydroxylation is 1. The summed E-state index contributed by atoms with van der Waals surface area (Å²) in [6.07, 6.45) is 2.22. The van der Waals surface area contributed by atoms with Crippen molar-refractivity contribution in [1.29, 1.82) is 0 Å². The second-order valence-electron chi connectivity index (χ2n) is 6.94. The zero-order chi connectivity index (χ0) is 22.0. The topological polar surface area (TPSA) is 84.3 Å². The first-order valence-corrected chi connectivity index (χ1v) is 10.6. The van der Waals surface area contributed by atoms with Crippen molar-refractivity contribution < 1.29 is 19.0 Å². The Morgan fingerprint density at radius 2 is 1.97 bits per heavy atom. The number of nitrogens with zero attached hydrogens (tertiary/aromatic N) is 2. The molecule has 4 aromatic rings. The van der Waals surface area contributed by atoms with Crippen LogP contribution in [0, 0.1) is 5.82 Å². The average molecular weight is 437 g/mol. The Hall–Kier alpha value is -3.52. The van der Waals surface area contributed by atoms with Gasteiger partial charge in [-0.05, 0) is 55.3 Å². The van der Waals surface area contributed by atoms with Crippen LogP contribution in [0.25, 0.3) is 21.3 Å². The van der Waals surface area contributed by atoms with Crippen molar-refractivity contribution in [2.75, 3.05) is 5.32 Å². The number of halogens is 1. The largest absolute Gasteiger partial charge is 0.480 e. The molecule has 1 atom stereocenters. The van der Waals surface area contributed by atoms with E-state index in [4.69, 9.17) is 4.74 Å². The molecule has 0 radical (unpaired) electrons. The number of hydrogen-bond acceptors (Lipinski definition) is 6. The molecule has 2 N–H and O–H groups in total. The number of rotatable bonds is 7. The fourth-order valence-corrected chi connectivity index (χ4v) is 4.36. The smallest absolute Gasteiger partial charge is 0.325 e. The molecule has 0 bridgehead atoms. The van der Waals surface area contributed by atoms with Crippen LogP contribution in [0.4, 0.5) is 10.2 Å².